The SMILES string of the molecule is CC(Cc1ccc(C(C)C)cc1)CN1CCC(Nc2nccc(N3CCCCCC3)n2)CC1. The summed E-state index contributed by atoms with van der Waals surface area (Å²) in [6.45, 7) is 12.6. The summed E-state index contributed by atoms with van der Waals surface area (Å²) in [5.41, 5.74) is 2.90. The zero-order valence-electron chi connectivity index (χ0n) is 21.0. The van der Waals surface area contributed by atoms with Crippen molar-refractivity contribution in [1.29, 1.82) is 0 Å². The molecule has 0 bridgehead atoms. The summed E-state index contributed by atoms with van der Waals surface area (Å²) in [6, 6.07) is 11.8. The lowest BCUT2D eigenvalue weighted by Crippen LogP contribution is -2.41. The first-order chi connectivity index (χ1) is 16.1. The number of hydrogen-bond acceptors (Lipinski definition) is 5. The molecule has 180 valence electrons. The van der Waals surface area contributed by atoms with Gasteiger partial charge in [-0.05, 0) is 61.1 Å². The molecule has 1 aromatic heterocycles. The van der Waals surface area contributed by atoms with Gasteiger partial charge in [0.15, 0.2) is 0 Å². The minimum Gasteiger partial charge on any atom is -0.356 e. The molecule has 2 aromatic rings. The first-order valence-electron chi connectivity index (χ1n) is 13.2. The second-order valence-electron chi connectivity index (χ2n) is 10.6. The van der Waals surface area contributed by atoms with Gasteiger partial charge in [-0.2, -0.15) is 4.98 Å². The standard InChI is InChI=1S/C28H43N5/c1-22(2)25-10-8-24(9-11-25)20-23(3)21-32-18-13-26(14-19-32)30-28-29-15-12-27(31-28)33-16-6-4-5-7-17-33/h8-12,15,22-23,26H,4-7,13-14,16-21H2,1-3H3,(H,29,30,31). The van der Waals surface area contributed by atoms with Crippen LogP contribution in [0.2, 0.25) is 0 Å². The lowest BCUT2D eigenvalue weighted by molar-refractivity contribution is 0.192. The highest BCUT2D eigenvalue weighted by Crippen LogP contribution is 2.21. The molecule has 0 aliphatic carbocycles. The maximum atomic E-state index is 4.85. The van der Waals surface area contributed by atoms with Crippen molar-refractivity contribution in [2.45, 2.75) is 77.7 Å². The Kier molecular flexibility index (Phi) is 8.60. The second kappa shape index (κ2) is 11.8. The fourth-order valence-electron chi connectivity index (χ4n) is 5.28. The molecule has 4 rings (SSSR count). The van der Waals surface area contributed by atoms with E-state index >= 15 is 0 Å². The molecule has 2 saturated heterocycles. The molecule has 5 heteroatoms. The average Bonchev–Trinajstić information content (AvgIpc) is 3.11. The predicted molar refractivity (Wildman–Crippen MR) is 139 cm³/mol. The maximum absolute atomic E-state index is 4.85. The van der Waals surface area contributed by atoms with E-state index in [9.17, 15) is 0 Å². The minimum atomic E-state index is 0.472. The molecular weight excluding hydrogens is 406 g/mol. The smallest absolute Gasteiger partial charge is 0.224 e. The third kappa shape index (κ3) is 7.17. The van der Waals surface area contributed by atoms with Crippen molar-refractivity contribution >= 4 is 11.8 Å². The van der Waals surface area contributed by atoms with E-state index in [4.69, 9.17) is 4.98 Å². The van der Waals surface area contributed by atoms with Crippen LogP contribution in [0.5, 0.6) is 0 Å². The fraction of sp³-hybridized carbons (Fsp3) is 0.643. The Morgan fingerprint density at radius 2 is 1.61 bits per heavy atom. The van der Waals surface area contributed by atoms with Crippen LogP contribution in [0.1, 0.15) is 76.3 Å². The molecule has 33 heavy (non-hydrogen) atoms. The molecule has 0 spiro atoms. The predicted octanol–water partition coefficient (Wildman–Crippen LogP) is 5.74. The number of benzene rings is 1. The molecule has 2 aliphatic rings. The van der Waals surface area contributed by atoms with Crippen molar-refractivity contribution in [2.24, 2.45) is 5.92 Å². The van der Waals surface area contributed by atoms with Crippen molar-refractivity contribution in [2.75, 3.05) is 42.9 Å². The molecule has 1 atom stereocenters. The van der Waals surface area contributed by atoms with Crippen LogP contribution in [0.25, 0.3) is 0 Å². The van der Waals surface area contributed by atoms with E-state index in [2.05, 4.69) is 71.2 Å². The lowest BCUT2D eigenvalue weighted by atomic mass is 9.96. The zero-order chi connectivity index (χ0) is 23.0. The number of piperidine rings is 1. The molecule has 0 saturated carbocycles. The number of nitrogens with one attached hydrogen (secondary N) is 1. The van der Waals surface area contributed by atoms with Crippen molar-refractivity contribution in [3.05, 3.63) is 47.7 Å². The number of anilines is 2. The Labute approximate surface area is 201 Å². The number of aromatic nitrogens is 2. The van der Waals surface area contributed by atoms with Crippen LogP contribution < -0.4 is 10.2 Å². The van der Waals surface area contributed by atoms with Crippen molar-refractivity contribution in [1.82, 2.24) is 14.9 Å². The van der Waals surface area contributed by atoms with Crippen LogP contribution in [0.15, 0.2) is 36.5 Å². The highest BCUT2D eigenvalue weighted by Gasteiger charge is 2.21. The lowest BCUT2D eigenvalue weighted by Gasteiger charge is -2.34. The van der Waals surface area contributed by atoms with Gasteiger partial charge in [0.25, 0.3) is 0 Å². The highest BCUT2D eigenvalue weighted by molar-refractivity contribution is 5.43. The number of nitrogens with zero attached hydrogens (tertiary/aromatic N) is 4. The summed E-state index contributed by atoms with van der Waals surface area (Å²) in [7, 11) is 0. The fourth-order valence-corrected chi connectivity index (χ4v) is 5.28. The number of hydrogen-bond donors (Lipinski definition) is 1. The Balaban J connectivity index is 1.21. The van der Waals surface area contributed by atoms with E-state index in [0.29, 0.717) is 17.9 Å². The van der Waals surface area contributed by atoms with Gasteiger partial charge in [0, 0.05) is 45.0 Å². The Hall–Kier alpha value is -2.14. The molecule has 0 amide bonds. The van der Waals surface area contributed by atoms with Crippen LogP contribution in [-0.4, -0.2) is 53.6 Å². The first-order valence-corrected chi connectivity index (χ1v) is 13.2. The zero-order valence-corrected chi connectivity index (χ0v) is 21.0. The Morgan fingerprint density at radius 1 is 0.909 bits per heavy atom. The van der Waals surface area contributed by atoms with Gasteiger partial charge in [-0.15, -0.1) is 0 Å². The van der Waals surface area contributed by atoms with Gasteiger partial charge in [-0.25, -0.2) is 4.98 Å². The molecule has 5 nitrogen and oxygen atoms in total. The summed E-state index contributed by atoms with van der Waals surface area (Å²) in [5.74, 6) is 3.16. The van der Waals surface area contributed by atoms with Gasteiger partial charge < -0.3 is 15.1 Å². The van der Waals surface area contributed by atoms with Gasteiger partial charge in [-0.3, -0.25) is 0 Å². The molecular formula is C28H43N5. The second-order valence-corrected chi connectivity index (χ2v) is 10.6. The molecule has 1 unspecified atom stereocenters. The minimum absolute atomic E-state index is 0.472. The summed E-state index contributed by atoms with van der Waals surface area (Å²) in [6.07, 6.45) is 10.6. The normalized spacial score (nSPS) is 19.5. The Morgan fingerprint density at radius 3 is 2.27 bits per heavy atom. The molecule has 0 radical (unpaired) electrons. The van der Waals surface area contributed by atoms with E-state index in [1.54, 1.807) is 0 Å². The topological polar surface area (TPSA) is 44.3 Å². The molecule has 2 fully saturated rings. The summed E-state index contributed by atoms with van der Waals surface area (Å²) in [4.78, 5) is 14.4. The van der Waals surface area contributed by atoms with E-state index < -0.39 is 0 Å². The summed E-state index contributed by atoms with van der Waals surface area (Å²) < 4.78 is 0. The van der Waals surface area contributed by atoms with Crippen molar-refractivity contribution in [3.8, 4) is 0 Å². The summed E-state index contributed by atoms with van der Waals surface area (Å²) >= 11 is 0. The van der Waals surface area contributed by atoms with Crippen LogP contribution in [-0.2, 0) is 6.42 Å². The van der Waals surface area contributed by atoms with Gasteiger partial charge >= 0.3 is 0 Å². The molecule has 2 aliphatic heterocycles. The van der Waals surface area contributed by atoms with Gasteiger partial charge in [0.2, 0.25) is 5.95 Å². The largest absolute Gasteiger partial charge is 0.356 e. The van der Waals surface area contributed by atoms with Crippen LogP contribution in [0.3, 0.4) is 0 Å². The van der Waals surface area contributed by atoms with Gasteiger partial charge in [0.1, 0.15) is 5.82 Å². The van der Waals surface area contributed by atoms with E-state index in [0.717, 1.165) is 57.2 Å². The average molecular weight is 450 g/mol. The van der Waals surface area contributed by atoms with E-state index in [1.807, 2.05) is 6.20 Å². The third-order valence-corrected chi connectivity index (χ3v) is 7.29. The molecule has 3 heterocycles. The van der Waals surface area contributed by atoms with Crippen molar-refractivity contribution in [3.63, 3.8) is 0 Å². The first kappa shape index (κ1) is 24.0. The monoisotopic (exact) mass is 449 g/mol. The van der Waals surface area contributed by atoms with Crippen molar-refractivity contribution < 1.29 is 0 Å². The highest BCUT2D eigenvalue weighted by atomic mass is 15.2. The van der Waals surface area contributed by atoms with Crippen LogP contribution in [0.4, 0.5) is 11.8 Å². The van der Waals surface area contributed by atoms with E-state index in [1.165, 1.54) is 43.4 Å². The van der Waals surface area contributed by atoms with Gasteiger partial charge in [-0.1, -0.05) is 57.9 Å². The quantitative estimate of drug-likeness (QED) is 0.557. The Bertz CT molecular complexity index is 834. The van der Waals surface area contributed by atoms with E-state index in [-0.39, 0.29) is 0 Å². The maximum Gasteiger partial charge on any atom is 0.224 e. The third-order valence-electron chi connectivity index (χ3n) is 7.29. The molecule has 1 N–H and O–H groups in total. The van der Waals surface area contributed by atoms with Gasteiger partial charge in [0.05, 0.1) is 0 Å². The summed E-state index contributed by atoms with van der Waals surface area (Å²) in [5, 5.41) is 3.63. The van der Waals surface area contributed by atoms with Crippen LogP contribution in [0, 0.1) is 5.92 Å². The molecule has 1 aromatic carbocycles. The van der Waals surface area contributed by atoms with Crippen LogP contribution >= 0.6 is 0 Å². The number of rotatable bonds is 8. The number of likely N-dealkylation sites (tertiary alicyclic amines) is 1.